The van der Waals surface area contributed by atoms with Crippen molar-refractivity contribution in [2.75, 3.05) is 5.32 Å². The molecule has 2 aromatic carbocycles. The van der Waals surface area contributed by atoms with Gasteiger partial charge in [-0.2, -0.15) is 5.10 Å². The second kappa shape index (κ2) is 9.87. The Bertz CT molecular complexity index is 2010. The van der Waals surface area contributed by atoms with E-state index in [0.29, 0.717) is 17.9 Å². The first-order valence-electron chi connectivity index (χ1n) is 12.8. The topological polar surface area (TPSA) is 112 Å². The van der Waals surface area contributed by atoms with E-state index >= 15 is 0 Å². The van der Waals surface area contributed by atoms with Crippen molar-refractivity contribution in [1.29, 1.82) is 0 Å². The Hall–Kier alpha value is -5.15. The summed E-state index contributed by atoms with van der Waals surface area (Å²) in [6.45, 7) is 2.09. The first-order valence-corrected chi connectivity index (χ1v) is 13.6. The molecule has 0 atom stereocenters. The van der Waals surface area contributed by atoms with Gasteiger partial charge >= 0.3 is 0 Å². The summed E-state index contributed by atoms with van der Waals surface area (Å²) in [5.74, 6) is 0.579. The maximum absolute atomic E-state index is 12.6. The molecule has 0 radical (unpaired) electrons. The first kappa shape index (κ1) is 23.9. The Kier molecular flexibility index (Phi) is 5.90. The number of hydrogen-bond donors (Lipinski definition) is 3. The highest BCUT2D eigenvalue weighted by atomic mass is 32.1. The summed E-state index contributed by atoms with van der Waals surface area (Å²) in [6, 6.07) is 21.9. The van der Waals surface area contributed by atoms with Crippen LogP contribution in [0.3, 0.4) is 0 Å². The number of nitrogens with one attached hydrogen (secondary N) is 3. The third-order valence-corrected chi connectivity index (χ3v) is 7.78. The normalized spacial score (nSPS) is 11.3. The van der Waals surface area contributed by atoms with E-state index < -0.39 is 0 Å². The second-order valence-electron chi connectivity index (χ2n) is 9.58. The number of pyridine rings is 2. The molecule has 0 aliphatic heterocycles. The Balaban J connectivity index is 1.21. The quantitative estimate of drug-likeness (QED) is 0.215. The number of aryl methyl sites for hydroxylation is 1. The number of amides is 1. The molecule has 0 saturated carbocycles. The van der Waals surface area contributed by atoms with Crippen LogP contribution in [0.25, 0.3) is 55.0 Å². The fourth-order valence-corrected chi connectivity index (χ4v) is 5.71. The minimum atomic E-state index is -0.0887. The number of fused-ring (bicyclic) bond motifs is 2. The molecule has 5 aromatic heterocycles. The Morgan fingerprint density at radius 2 is 1.77 bits per heavy atom. The molecule has 0 fully saturated rings. The zero-order valence-corrected chi connectivity index (χ0v) is 22.3. The lowest BCUT2D eigenvalue weighted by molar-refractivity contribution is -0.115. The molecule has 8 nitrogen and oxygen atoms in total. The van der Waals surface area contributed by atoms with Gasteiger partial charge in [0.2, 0.25) is 5.91 Å². The summed E-state index contributed by atoms with van der Waals surface area (Å²) in [6.07, 6.45) is 7.40. The third-order valence-electron chi connectivity index (χ3n) is 6.75. The summed E-state index contributed by atoms with van der Waals surface area (Å²) >= 11 is 1.72. The highest BCUT2D eigenvalue weighted by Gasteiger charge is 2.17. The lowest BCUT2D eigenvalue weighted by atomic mass is 10.0. The second-order valence-corrected chi connectivity index (χ2v) is 10.9. The van der Waals surface area contributed by atoms with Crippen LogP contribution in [0.4, 0.5) is 5.69 Å². The predicted molar refractivity (Wildman–Crippen MR) is 159 cm³/mol. The van der Waals surface area contributed by atoms with Gasteiger partial charge in [-0.1, -0.05) is 36.4 Å². The van der Waals surface area contributed by atoms with Crippen LogP contribution in [-0.4, -0.2) is 36.0 Å². The highest BCUT2D eigenvalue weighted by Crippen LogP contribution is 2.35. The van der Waals surface area contributed by atoms with E-state index in [-0.39, 0.29) is 5.91 Å². The summed E-state index contributed by atoms with van der Waals surface area (Å²) in [7, 11) is 0. The van der Waals surface area contributed by atoms with E-state index in [9.17, 15) is 4.79 Å². The number of rotatable bonds is 6. The molecular formula is C31H23N7OS. The number of H-pyrrole nitrogens is 2. The molecule has 40 heavy (non-hydrogen) atoms. The van der Waals surface area contributed by atoms with Crippen molar-refractivity contribution < 1.29 is 4.79 Å². The van der Waals surface area contributed by atoms with Gasteiger partial charge in [0, 0.05) is 38.7 Å². The minimum absolute atomic E-state index is 0.0887. The van der Waals surface area contributed by atoms with E-state index in [0.717, 1.165) is 54.8 Å². The van der Waals surface area contributed by atoms with Crippen molar-refractivity contribution in [3.63, 3.8) is 0 Å². The van der Waals surface area contributed by atoms with Gasteiger partial charge in [-0.25, -0.2) is 4.98 Å². The first-order chi connectivity index (χ1) is 19.6. The molecule has 0 bridgehead atoms. The Labute approximate surface area is 233 Å². The lowest BCUT2D eigenvalue weighted by Crippen LogP contribution is -2.14. The number of aromatic nitrogens is 6. The smallest absolute Gasteiger partial charge is 0.228 e. The number of anilines is 1. The van der Waals surface area contributed by atoms with Crippen LogP contribution in [-0.2, 0) is 11.2 Å². The predicted octanol–water partition coefficient (Wildman–Crippen LogP) is 6.78. The summed E-state index contributed by atoms with van der Waals surface area (Å²) in [4.78, 5) is 32.1. The lowest BCUT2D eigenvalue weighted by Gasteiger charge is -2.08. The molecule has 3 N–H and O–H groups in total. The van der Waals surface area contributed by atoms with Crippen LogP contribution in [0, 0.1) is 6.92 Å². The highest BCUT2D eigenvalue weighted by molar-refractivity contribution is 7.15. The largest absolute Gasteiger partial charge is 0.335 e. The Morgan fingerprint density at radius 3 is 2.62 bits per heavy atom. The van der Waals surface area contributed by atoms with Crippen LogP contribution in [0.15, 0.2) is 91.5 Å². The molecule has 7 rings (SSSR count). The molecule has 7 aromatic rings. The SMILES string of the molecule is Cc1ccc(-c2cncc3[nH]c(-c4n[nH]c5ccc(-c6cncc(NC(=O)Cc7ccccc7)c6)cc45)nc23)s1. The molecular weight excluding hydrogens is 518 g/mol. The number of thiophene rings is 1. The maximum Gasteiger partial charge on any atom is 0.228 e. The molecule has 9 heteroatoms. The standard InChI is InChI=1S/C31H23N7OS/c1-18-7-10-27(40-18)24-16-33-17-26-29(24)36-31(35-26)30-23-13-20(8-9-25(23)37-38-30)21-12-22(15-32-14-21)34-28(39)11-19-5-3-2-4-6-19/h2-10,12-17H,11H2,1H3,(H,34,39)(H,35,36)(H,37,38). The van der Waals surface area contributed by atoms with Gasteiger partial charge < -0.3 is 10.3 Å². The van der Waals surface area contributed by atoms with E-state index in [4.69, 9.17) is 4.98 Å². The zero-order chi connectivity index (χ0) is 27.1. The number of hydrogen-bond acceptors (Lipinski definition) is 6. The van der Waals surface area contributed by atoms with E-state index in [2.05, 4.69) is 55.6 Å². The van der Waals surface area contributed by atoms with Gasteiger partial charge in [0.15, 0.2) is 5.82 Å². The maximum atomic E-state index is 12.6. The number of imidazole rings is 1. The van der Waals surface area contributed by atoms with Crippen molar-refractivity contribution in [2.45, 2.75) is 13.3 Å². The fraction of sp³-hybridized carbons (Fsp3) is 0.0645. The van der Waals surface area contributed by atoms with Gasteiger partial charge in [0.25, 0.3) is 0 Å². The third kappa shape index (κ3) is 4.52. The zero-order valence-electron chi connectivity index (χ0n) is 21.5. The summed E-state index contributed by atoms with van der Waals surface area (Å²) < 4.78 is 0. The minimum Gasteiger partial charge on any atom is -0.335 e. The molecule has 0 saturated heterocycles. The fourth-order valence-electron chi connectivity index (χ4n) is 4.83. The molecule has 0 spiro atoms. The van der Waals surface area contributed by atoms with Crippen LogP contribution >= 0.6 is 11.3 Å². The van der Waals surface area contributed by atoms with Crippen LogP contribution < -0.4 is 5.32 Å². The van der Waals surface area contributed by atoms with Crippen molar-refractivity contribution in [3.05, 3.63) is 102 Å². The van der Waals surface area contributed by atoms with Crippen LogP contribution in [0.2, 0.25) is 0 Å². The molecule has 194 valence electrons. The van der Waals surface area contributed by atoms with Gasteiger partial charge in [0.05, 0.1) is 35.5 Å². The summed E-state index contributed by atoms with van der Waals surface area (Å²) in [5.41, 5.74) is 7.78. The van der Waals surface area contributed by atoms with Gasteiger partial charge in [-0.15, -0.1) is 11.3 Å². The van der Waals surface area contributed by atoms with Gasteiger partial charge in [0.1, 0.15) is 11.2 Å². The molecule has 0 aliphatic carbocycles. The number of aromatic amines is 2. The Morgan fingerprint density at radius 1 is 0.900 bits per heavy atom. The van der Waals surface area contributed by atoms with Crippen molar-refractivity contribution in [2.24, 2.45) is 0 Å². The van der Waals surface area contributed by atoms with Crippen molar-refractivity contribution >= 4 is 44.9 Å². The average molecular weight is 542 g/mol. The van der Waals surface area contributed by atoms with E-state index in [1.807, 2.05) is 54.7 Å². The molecule has 0 unspecified atom stereocenters. The number of benzene rings is 2. The number of carbonyl (C=O) groups excluding carboxylic acids is 1. The molecule has 5 heterocycles. The van der Waals surface area contributed by atoms with Crippen molar-refractivity contribution in [3.8, 4) is 33.1 Å². The number of carbonyl (C=O) groups is 1. The number of nitrogens with zero attached hydrogens (tertiary/aromatic N) is 4. The van der Waals surface area contributed by atoms with Crippen molar-refractivity contribution in [1.82, 2.24) is 30.1 Å². The monoisotopic (exact) mass is 541 g/mol. The van der Waals surface area contributed by atoms with E-state index in [1.54, 1.807) is 29.9 Å². The van der Waals surface area contributed by atoms with Crippen LogP contribution in [0.5, 0.6) is 0 Å². The van der Waals surface area contributed by atoms with Gasteiger partial charge in [-0.3, -0.25) is 19.9 Å². The van der Waals surface area contributed by atoms with Crippen LogP contribution in [0.1, 0.15) is 10.4 Å². The summed E-state index contributed by atoms with van der Waals surface area (Å²) in [5, 5.41) is 11.6. The van der Waals surface area contributed by atoms with Gasteiger partial charge in [-0.05, 0) is 48.4 Å². The average Bonchev–Trinajstić information content (AvgIpc) is 3.71. The molecule has 1 amide bonds. The van der Waals surface area contributed by atoms with E-state index in [1.165, 1.54) is 4.88 Å². The molecule has 0 aliphatic rings.